The summed E-state index contributed by atoms with van der Waals surface area (Å²) < 4.78 is 0. The van der Waals surface area contributed by atoms with Crippen molar-refractivity contribution in [1.29, 1.82) is 5.26 Å². The zero-order valence-electron chi connectivity index (χ0n) is 11.4. The molecule has 2 aromatic carbocycles. The summed E-state index contributed by atoms with van der Waals surface area (Å²) in [6.45, 7) is 3.71. The molecule has 0 fully saturated rings. The lowest BCUT2D eigenvalue weighted by atomic mass is 10.1. The molecule has 0 aliphatic carbocycles. The number of carbonyl (C=O) groups excluding carboxylic acids is 1. The smallest absolute Gasteiger partial charge is 0.255 e. The lowest BCUT2D eigenvalue weighted by Crippen LogP contribution is -2.13. The zero-order valence-corrected chi connectivity index (χ0v) is 11.4. The Balaban J connectivity index is 2.33. The Labute approximate surface area is 117 Å². The van der Waals surface area contributed by atoms with E-state index < -0.39 is 0 Å². The van der Waals surface area contributed by atoms with Crippen LogP contribution in [0, 0.1) is 25.2 Å². The number of anilines is 2. The Morgan fingerprint density at radius 3 is 2.65 bits per heavy atom. The predicted molar refractivity (Wildman–Crippen MR) is 79.4 cm³/mol. The maximum atomic E-state index is 12.2. The Morgan fingerprint density at radius 2 is 2.00 bits per heavy atom. The van der Waals surface area contributed by atoms with E-state index in [1.54, 1.807) is 30.3 Å². The van der Waals surface area contributed by atoms with Gasteiger partial charge in [0.25, 0.3) is 5.91 Å². The molecule has 0 heterocycles. The van der Waals surface area contributed by atoms with E-state index in [9.17, 15) is 4.79 Å². The van der Waals surface area contributed by atoms with Gasteiger partial charge in [0.15, 0.2) is 0 Å². The SMILES string of the molecule is Cc1cc(N)cc(C(=O)Nc2cccc(C)c2C#N)c1. The van der Waals surface area contributed by atoms with Gasteiger partial charge in [0, 0.05) is 11.3 Å². The number of nitrogens with two attached hydrogens (primary N) is 1. The number of nitrogen functional groups attached to an aromatic ring is 1. The Bertz CT molecular complexity index is 694. The number of nitrogens with zero attached hydrogens (tertiary/aromatic N) is 1. The van der Waals surface area contributed by atoms with Gasteiger partial charge in [-0.3, -0.25) is 4.79 Å². The maximum Gasteiger partial charge on any atom is 0.255 e. The average Bonchev–Trinajstić information content (AvgIpc) is 2.37. The highest BCUT2D eigenvalue weighted by Crippen LogP contribution is 2.20. The quantitative estimate of drug-likeness (QED) is 0.819. The van der Waals surface area contributed by atoms with Crippen LogP contribution in [0.15, 0.2) is 36.4 Å². The van der Waals surface area contributed by atoms with Gasteiger partial charge in [0.05, 0.1) is 11.3 Å². The van der Waals surface area contributed by atoms with E-state index in [1.165, 1.54) is 0 Å². The van der Waals surface area contributed by atoms with Crippen LogP contribution < -0.4 is 11.1 Å². The number of nitrogens with one attached hydrogen (secondary N) is 1. The summed E-state index contributed by atoms with van der Waals surface area (Å²) in [5.41, 5.74) is 9.49. The Hall–Kier alpha value is -2.80. The van der Waals surface area contributed by atoms with Crippen molar-refractivity contribution < 1.29 is 4.79 Å². The van der Waals surface area contributed by atoms with Gasteiger partial charge in [-0.2, -0.15) is 5.26 Å². The first kappa shape index (κ1) is 13.6. The summed E-state index contributed by atoms with van der Waals surface area (Å²) in [5, 5.41) is 11.9. The van der Waals surface area contributed by atoms with E-state index >= 15 is 0 Å². The minimum Gasteiger partial charge on any atom is -0.399 e. The van der Waals surface area contributed by atoms with Crippen molar-refractivity contribution in [3.8, 4) is 6.07 Å². The number of nitriles is 1. The van der Waals surface area contributed by atoms with Crippen LogP contribution in [-0.4, -0.2) is 5.91 Å². The molecule has 0 aromatic heterocycles. The van der Waals surface area contributed by atoms with E-state index in [0.717, 1.165) is 11.1 Å². The van der Waals surface area contributed by atoms with E-state index in [2.05, 4.69) is 11.4 Å². The van der Waals surface area contributed by atoms with Crippen molar-refractivity contribution in [3.05, 3.63) is 58.7 Å². The van der Waals surface area contributed by atoms with Crippen molar-refractivity contribution in [1.82, 2.24) is 0 Å². The second-order valence-electron chi connectivity index (χ2n) is 4.70. The van der Waals surface area contributed by atoms with Crippen LogP contribution in [0.3, 0.4) is 0 Å². The monoisotopic (exact) mass is 265 g/mol. The van der Waals surface area contributed by atoms with Gasteiger partial charge < -0.3 is 11.1 Å². The fourth-order valence-corrected chi connectivity index (χ4v) is 2.06. The summed E-state index contributed by atoms with van der Waals surface area (Å²) in [4.78, 5) is 12.2. The van der Waals surface area contributed by atoms with Gasteiger partial charge in [-0.05, 0) is 49.2 Å². The van der Waals surface area contributed by atoms with Crippen LogP contribution in [0.1, 0.15) is 27.0 Å². The van der Waals surface area contributed by atoms with Gasteiger partial charge >= 0.3 is 0 Å². The van der Waals surface area contributed by atoms with Crippen molar-refractivity contribution in [2.45, 2.75) is 13.8 Å². The summed E-state index contributed by atoms with van der Waals surface area (Å²) >= 11 is 0. The molecule has 0 radical (unpaired) electrons. The molecular formula is C16H15N3O. The Morgan fingerprint density at radius 1 is 1.25 bits per heavy atom. The van der Waals surface area contributed by atoms with E-state index in [1.807, 2.05) is 19.9 Å². The minimum atomic E-state index is -0.275. The van der Waals surface area contributed by atoms with Gasteiger partial charge in [-0.25, -0.2) is 0 Å². The van der Waals surface area contributed by atoms with Gasteiger partial charge in [0.1, 0.15) is 6.07 Å². The molecule has 0 aliphatic rings. The summed E-state index contributed by atoms with van der Waals surface area (Å²) in [6.07, 6.45) is 0. The normalized spacial score (nSPS) is 9.85. The molecule has 2 rings (SSSR count). The molecule has 4 heteroatoms. The molecule has 2 aromatic rings. The average molecular weight is 265 g/mol. The van der Waals surface area contributed by atoms with Crippen LogP contribution in [0.25, 0.3) is 0 Å². The number of aryl methyl sites for hydroxylation is 2. The molecule has 3 N–H and O–H groups in total. The summed E-state index contributed by atoms with van der Waals surface area (Å²) in [7, 11) is 0. The topological polar surface area (TPSA) is 78.9 Å². The summed E-state index contributed by atoms with van der Waals surface area (Å²) in [5.74, 6) is -0.275. The fourth-order valence-electron chi connectivity index (χ4n) is 2.06. The molecule has 0 unspecified atom stereocenters. The highest BCUT2D eigenvalue weighted by molar-refractivity contribution is 6.05. The molecule has 0 atom stereocenters. The first-order valence-electron chi connectivity index (χ1n) is 6.19. The second-order valence-corrected chi connectivity index (χ2v) is 4.70. The molecule has 0 saturated carbocycles. The van der Waals surface area contributed by atoms with Crippen LogP contribution in [0.5, 0.6) is 0 Å². The minimum absolute atomic E-state index is 0.275. The molecule has 4 nitrogen and oxygen atoms in total. The van der Waals surface area contributed by atoms with Gasteiger partial charge in [0.2, 0.25) is 0 Å². The lowest BCUT2D eigenvalue weighted by Gasteiger charge is -2.09. The second kappa shape index (κ2) is 5.45. The van der Waals surface area contributed by atoms with E-state index in [-0.39, 0.29) is 5.91 Å². The van der Waals surface area contributed by atoms with E-state index in [0.29, 0.717) is 22.5 Å². The highest BCUT2D eigenvalue weighted by Gasteiger charge is 2.11. The number of amides is 1. The molecule has 20 heavy (non-hydrogen) atoms. The van der Waals surface area contributed by atoms with Crippen LogP contribution in [0.2, 0.25) is 0 Å². The molecule has 0 bridgehead atoms. The number of carbonyl (C=O) groups is 1. The largest absolute Gasteiger partial charge is 0.399 e. The van der Waals surface area contributed by atoms with Crippen LogP contribution >= 0.6 is 0 Å². The maximum absolute atomic E-state index is 12.2. The molecule has 1 amide bonds. The standard InChI is InChI=1S/C16H15N3O/c1-10-6-12(8-13(18)7-10)16(20)19-15-5-3-4-11(2)14(15)9-17/h3-8H,18H2,1-2H3,(H,19,20). The third-order valence-electron chi connectivity index (χ3n) is 2.99. The number of hydrogen-bond donors (Lipinski definition) is 2. The van der Waals surface area contributed by atoms with Crippen LogP contribution in [-0.2, 0) is 0 Å². The number of rotatable bonds is 2. The van der Waals surface area contributed by atoms with Crippen LogP contribution in [0.4, 0.5) is 11.4 Å². The third-order valence-corrected chi connectivity index (χ3v) is 2.99. The Kier molecular flexibility index (Phi) is 3.72. The molecule has 0 spiro atoms. The van der Waals surface area contributed by atoms with Gasteiger partial charge in [-0.15, -0.1) is 0 Å². The first-order chi connectivity index (χ1) is 9.51. The van der Waals surface area contributed by atoms with E-state index in [4.69, 9.17) is 11.0 Å². The molecular weight excluding hydrogens is 250 g/mol. The van der Waals surface area contributed by atoms with Crippen molar-refractivity contribution >= 4 is 17.3 Å². The lowest BCUT2D eigenvalue weighted by molar-refractivity contribution is 0.102. The fraction of sp³-hybridized carbons (Fsp3) is 0.125. The predicted octanol–water partition coefficient (Wildman–Crippen LogP) is 3.01. The van der Waals surface area contributed by atoms with Crippen molar-refractivity contribution in [2.75, 3.05) is 11.1 Å². The van der Waals surface area contributed by atoms with Gasteiger partial charge in [-0.1, -0.05) is 12.1 Å². The van der Waals surface area contributed by atoms with Crippen molar-refractivity contribution in [3.63, 3.8) is 0 Å². The molecule has 100 valence electrons. The molecule has 0 saturated heterocycles. The molecule has 0 aliphatic heterocycles. The number of benzene rings is 2. The summed E-state index contributed by atoms with van der Waals surface area (Å²) in [6, 6.07) is 12.6. The highest BCUT2D eigenvalue weighted by atomic mass is 16.1. The third kappa shape index (κ3) is 2.78. The number of hydrogen-bond acceptors (Lipinski definition) is 3. The first-order valence-corrected chi connectivity index (χ1v) is 6.19. The van der Waals surface area contributed by atoms with Crippen molar-refractivity contribution in [2.24, 2.45) is 0 Å². The zero-order chi connectivity index (χ0) is 14.7.